The third kappa shape index (κ3) is 4.26. The lowest BCUT2D eigenvalue weighted by Crippen LogP contribution is -2.30. The zero-order chi connectivity index (χ0) is 15.3. The number of sulfonamides is 1. The van der Waals surface area contributed by atoms with Gasteiger partial charge in [-0.15, -0.1) is 0 Å². The molecule has 1 atom stereocenters. The monoisotopic (exact) mass is 312 g/mol. The molecule has 0 radical (unpaired) electrons. The molecule has 1 aromatic carbocycles. The summed E-state index contributed by atoms with van der Waals surface area (Å²) in [7, 11) is -3.53. The molecule has 0 aliphatic carbocycles. The Morgan fingerprint density at radius 1 is 1.38 bits per heavy atom. The Hall–Kier alpha value is -1.44. The van der Waals surface area contributed by atoms with Crippen LogP contribution in [0.3, 0.4) is 0 Å². The summed E-state index contributed by atoms with van der Waals surface area (Å²) in [6.45, 7) is 4.20. The summed E-state index contributed by atoms with van der Waals surface area (Å²) in [6, 6.07) is 5.76. The van der Waals surface area contributed by atoms with Gasteiger partial charge in [0, 0.05) is 6.54 Å². The zero-order valence-corrected chi connectivity index (χ0v) is 12.8. The summed E-state index contributed by atoms with van der Waals surface area (Å²) in [5.41, 5.74) is 0.343. The van der Waals surface area contributed by atoms with Crippen LogP contribution in [0.1, 0.15) is 23.7 Å². The molecule has 0 aromatic heterocycles. The Balaban J connectivity index is 2.00. The van der Waals surface area contributed by atoms with E-state index in [9.17, 15) is 13.2 Å². The van der Waals surface area contributed by atoms with Crippen LogP contribution in [-0.2, 0) is 14.8 Å². The summed E-state index contributed by atoms with van der Waals surface area (Å²) in [5.74, 6) is -0.120. The van der Waals surface area contributed by atoms with Gasteiger partial charge in [-0.05, 0) is 56.6 Å². The molecule has 7 heteroatoms. The van der Waals surface area contributed by atoms with Crippen LogP contribution in [0, 0.1) is 5.92 Å². The third-order valence-electron chi connectivity index (χ3n) is 3.40. The van der Waals surface area contributed by atoms with E-state index in [0.29, 0.717) is 18.0 Å². The van der Waals surface area contributed by atoms with Gasteiger partial charge >= 0.3 is 5.97 Å². The minimum atomic E-state index is -3.53. The molecule has 1 aliphatic rings. The molecule has 0 spiro atoms. The molecule has 2 N–H and O–H groups in total. The average Bonchev–Trinajstić information content (AvgIpc) is 2.99. The molecule has 21 heavy (non-hydrogen) atoms. The maximum Gasteiger partial charge on any atom is 0.338 e. The van der Waals surface area contributed by atoms with Gasteiger partial charge in [-0.2, -0.15) is 0 Å². The molecule has 2 rings (SSSR count). The highest BCUT2D eigenvalue weighted by atomic mass is 32.2. The van der Waals surface area contributed by atoms with Gasteiger partial charge in [0.1, 0.15) is 0 Å². The van der Waals surface area contributed by atoms with E-state index in [-0.39, 0.29) is 11.5 Å². The van der Waals surface area contributed by atoms with Crippen molar-refractivity contribution in [3.8, 4) is 0 Å². The van der Waals surface area contributed by atoms with E-state index in [1.165, 1.54) is 24.3 Å². The number of hydrogen-bond acceptors (Lipinski definition) is 5. The standard InChI is InChI=1S/C14H20N2O4S/c1-2-20-14(17)12-3-5-13(6-4-12)21(18,19)16-10-11-7-8-15-9-11/h3-6,11,15-16H,2,7-10H2,1H3. The second-order valence-electron chi connectivity index (χ2n) is 4.96. The van der Waals surface area contributed by atoms with Gasteiger partial charge in [-0.1, -0.05) is 0 Å². The van der Waals surface area contributed by atoms with Crippen LogP contribution < -0.4 is 10.0 Å². The Labute approximate surface area is 124 Å². The molecule has 0 bridgehead atoms. The van der Waals surface area contributed by atoms with Gasteiger partial charge in [0.05, 0.1) is 17.1 Å². The van der Waals surface area contributed by atoms with E-state index >= 15 is 0 Å². The van der Waals surface area contributed by atoms with Crippen molar-refractivity contribution >= 4 is 16.0 Å². The fraction of sp³-hybridized carbons (Fsp3) is 0.500. The molecule has 1 heterocycles. The normalized spacial score (nSPS) is 18.6. The van der Waals surface area contributed by atoms with Gasteiger partial charge < -0.3 is 10.1 Å². The van der Waals surface area contributed by atoms with E-state index in [1.54, 1.807) is 6.92 Å². The molecule has 0 amide bonds. The van der Waals surface area contributed by atoms with Crippen LogP contribution in [0.25, 0.3) is 0 Å². The summed E-state index contributed by atoms with van der Waals surface area (Å²) in [6.07, 6.45) is 0.977. The second-order valence-corrected chi connectivity index (χ2v) is 6.72. The first-order valence-corrected chi connectivity index (χ1v) is 8.49. The van der Waals surface area contributed by atoms with Gasteiger partial charge in [0.2, 0.25) is 10.0 Å². The number of ether oxygens (including phenoxy) is 1. The summed E-state index contributed by atoms with van der Waals surface area (Å²) in [4.78, 5) is 11.7. The number of rotatable bonds is 6. The van der Waals surface area contributed by atoms with Crippen molar-refractivity contribution in [2.24, 2.45) is 5.92 Å². The van der Waals surface area contributed by atoms with Crippen molar-refractivity contribution in [3.05, 3.63) is 29.8 Å². The summed E-state index contributed by atoms with van der Waals surface area (Å²) >= 11 is 0. The number of esters is 1. The number of benzene rings is 1. The molecule has 1 saturated heterocycles. The van der Waals surface area contributed by atoms with Crippen LogP contribution in [-0.4, -0.2) is 40.6 Å². The first kappa shape index (κ1) is 15.9. The molecule has 1 fully saturated rings. The smallest absolute Gasteiger partial charge is 0.338 e. The van der Waals surface area contributed by atoms with Gasteiger partial charge in [0.25, 0.3) is 0 Å². The minimum absolute atomic E-state index is 0.154. The van der Waals surface area contributed by atoms with Crippen molar-refractivity contribution in [2.75, 3.05) is 26.2 Å². The molecule has 116 valence electrons. The van der Waals surface area contributed by atoms with Gasteiger partial charge in [0.15, 0.2) is 0 Å². The van der Waals surface area contributed by atoms with Crippen molar-refractivity contribution in [3.63, 3.8) is 0 Å². The van der Waals surface area contributed by atoms with Crippen molar-refractivity contribution in [2.45, 2.75) is 18.2 Å². The number of carbonyl (C=O) groups excluding carboxylic acids is 1. The lowest BCUT2D eigenvalue weighted by molar-refractivity contribution is 0.0526. The molecular weight excluding hydrogens is 292 g/mol. The van der Waals surface area contributed by atoms with E-state index < -0.39 is 16.0 Å². The SMILES string of the molecule is CCOC(=O)c1ccc(S(=O)(=O)NCC2CCNC2)cc1. The fourth-order valence-corrected chi connectivity index (χ4v) is 3.30. The van der Waals surface area contributed by atoms with E-state index in [2.05, 4.69) is 10.0 Å². The highest BCUT2D eigenvalue weighted by Gasteiger charge is 2.19. The van der Waals surface area contributed by atoms with E-state index in [4.69, 9.17) is 4.74 Å². The average molecular weight is 312 g/mol. The molecule has 1 aromatic rings. The van der Waals surface area contributed by atoms with Crippen LogP contribution in [0.5, 0.6) is 0 Å². The maximum atomic E-state index is 12.1. The fourth-order valence-electron chi connectivity index (χ4n) is 2.18. The van der Waals surface area contributed by atoms with Crippen molar-refractivity contribution < 1.29 is 17.9 Å². The predicted octanol–water partition coefficient (Wildman–Crippen LogP) is 0.751. The minimum Gasteiger partial charge on any atom is -0.462 e. The molecule has 1 aliphatic heterocycles. The number of hydrogen-bond donors (Lipinski definition) is 2. The molecule has 6 nitrogen and oxygen atoms in total. The quantitative estimate of drug-likeness (QED) is 0.757. The van der Waals surface area contributed by atoms with Crippen LogP contribution in [0.15, 0.2) is 29.2 Å². The molecule has 1 unspecified atom stereocenters. The predicted molar refractivity (Wildman–Crippen MR) is 78.6 cm³/mol. The lowest BCUT2D eigenvalue weighted by Gasteiger charge is -2.11. The van der Waals surface area contributed by atoms with Crippen molar-refractivity contribution in [1.82, 2.24) is 10.0 Å². The Kier molecular flexibility index (Phi) is 5.33. The van der Waals surface area contributed by atoms with Crippen molar-refractivity contribution in [1.29, 1.82) is 0 Å². The number of carbonyl (C=O) groups is 1. The highest BCUT2D eigenvalue weighted by molar-refractivity contribution is 7.89. The Bertz CT molecular complexity index is 577. The highest BCUT2D eigenvalue weighted by Crippen LogP contribution is 2.13. The van der Waals surface area contributed by atoms with Gasteiger partial charge in [-0.25, -0.2) is 17.9 Å². The number of nitrogens with one attached hydrogen (secondary N) is 2. The lowest BCUT2D eigenvalue weighted by atomic mass is 10.1. The Morgan fingerprint density at radius 2 is 2.10 bits per heavy atom. The zero-order valence-electron chi connectivity index (χ0n) is 12.0. The Morgan fingerprint density at radius 3 is 2.67 bits per heavy atom. The molecular formula is C14H20N2O4S. The second kappa shape index (κ2) is 7.02. The summed E-state index contributed by atoms with van der Waals surface area (Å²) < 4.78 is 31.8. The molecule has 0 saturated carbocycles. The first-order chi connectivity index (χ1) is 10.0. The van der Waals surface area contributed by atoms with Crippen LogP contribution in [0.4, 0.5) is 0 Å². The largest absolute Gasteiger partial charge is 0.462 e. The summed E-state index contributed by atoms with van der Waals surface area (Å²) in [5, 5.41) is 3.19. The van der Waals surface area contributed by atoms with E-state index in [1.807, 2.05) is 0 Å². The first-order valence-electron chi connectivity index (χ1n) is 7.00. The van der Waals surface area contributed by atoms with Crippen LogP contribution >= 0.6 is 0 Å². The van der Waals surface area contributed by atoms with Crippen LogP contribution in [0.2, 0.25) is 0 Å². The topological polar surface area (TPSA) is 84.5 Å². The third-order valence-corrected chi connectivity index (χ3v) is 4.84. The van der Waals surface area contributed by atoms with E-state index in [0.717, 1.165) is 19.5 Å². The maximum absolute atomic E-state index is 12.1. The van der Waals surface area contributed by atoms with Gasteiger partial charge in [-0.3, -0.25) is 0 Å².